The number of aromatic nitrogens is 4. The SMILES string of the molecule is COCc1nc(-c2cn(C(C)c3ccccc3F)nn2)cs1. The first kappa shape index (κ1) is 14.8. The molecular formula is C15H15FN4OS. The normalized spacial score (nSPS) is 12.5. The van der Waals surface area contributed by atoms with Crippen LogP contribution in [0.15, 0.2) is 35.8 Å². The molecule has 22 heavy (non-hydrogen) atoms. The summed E-state index contributed by atoms with van der Waals surface area (Å²) in [5.74, 6) is -0.247. The molecular weight excluding hydrogens is 303 g/mol. The maximum Gasteiger partial charge on any atom is 0.132 e. The first-order valence-corrected chi connectivity index (χ1v) is 7.67. The van der Waals surface area contributed by atoms with Crippen molar-refractivity contribution in [2.45, 2.75) is 19.6 Å². The maximum atomic E-state index is 13.9. The molecule has 0 amide bonds. The molecule has 3 rings (SSSR count). The molecule has 0 aliphatic heterocycles. The Labute approximate surface area is 131 Å². The molecule has 1 atom stereocenters. The van der Waals surface area contributed by atoms with Gasteiger partial charge >= 0.3 is 0 Å². The highest BCUT2D eigenvalue weighted by Crippen LogP contribution is 2.24. The molecule has 0 aliphatic rings. The van der Waals surface area contributed by atoms with E-state index >= 15 is 0 Å². The van der Waals surface area contributed by atoms with Gasteiger partial charge in [0.1, 0.15) is 22.2 Å². The summed E-state index contributed by atoms with van der Waals surface area (Å²) in [5, 5.41) is 11.0. The van der Waals surface area contributed by atoms with Crippen molar-refractivity contribution >= 4 is 11.3 Å². The van der Waals surface area contributed by atoms with Crippen LogP contribution in [0.3, 0.4) is 0 Å². The van der Waals surface area contributed by atoms with Crippen LogP contribution < -0.4 is 0 Å². The number of thiazole rings is 1. The quantitative estimate of drug-likeness (QED) is 0.724. The Morgan fingerprint density at radius 3 is 2.91 bits per heavy atom. The van der Waals surface area contributed by atoms with E-state index in [4.69, 9.17) is 4.74 Å². The van der Waals surface area contributed by atoms with Crippen molar-refractivity contribution in [1.82, 2.24) is 20.0 Å². The Kier molecular flexibility index (Phi) is 4.26. The van der Waals surface area contributed by atoms with Gasteiger partial charge in [-0.05, 0) is 13.0 Å². The van der Waals surface area contributed by atoms with E-state index in [2.05, 4.69) is 15.3 Å². The molecule has 0 radical (unpaired) electrons. The van der Waals surface area contributed by atoms with Crippen LogP contribution in [0.5, 0.6) is 0 Å². The smallest absolute Gasteiger partial charge is 0.132 e. The van der Waals surface area contributed by atoms with Gasteiger partial charge in [0.25, 0.3) is 0 Å². The molecule has 0 saturated carbocycles. The highest BCUT2D eigenvalue weighted by molar-refractivity contribution is 7.09. The van der Waals surface area contributed by atoms with Gasteiger partial charge in [-0.25, -0.2) is 14.1 Å². The average Bonchev–Trinajstić information content (AvgIpc) is 3.16. The molecule has 1 aromatic carbocycles. The lowest BCUT2D eigenvalue weighted by Gasteiger charge is -2.12. The Hall–Kier alpha value is -2.12. The lowest BCUT2D eigenvalue weighted by atomic mass is 10.1. The minimum Gasteiger partial charge on any atom is -0.378 e. The van der Waals surface area contributed by atoms with Crippen molar-refractivity contribution in [1.29, 1.82) is 0 Å². The fraction of sp³-hybridized carbons (Fsp3) is 0.267. The maximum absolute atomic E-state index is 13.9. The van der Waals surface area contributed by atoms with Crippen molar-refractivity contribution in [3.63, 3.8) is 0 Å². The summed E-state index contributed by atoms with van der Waals surface area (Å²) in [6.45, 7) is 2.36. The second-order valence-corrected chi connectivity index (χ2v) is 5.78. The molecule has 0 N–H and O–H groups in total. The summed E-state index contributed by atoms with van der Waals surface area (Å²) in [6.07, 6.45) is 1.78. The fourth-order valence-corrected chi connectivity index (χ4v) is 2.92. The van der Waals surface area contributed by atoms with Gasteiger partial charge in [-0.2, -0.15) is 0 Å². The van der Waals surface area contributed by atoms with Crippen LogP contribution >= 0.6 is 11.3 Å². The number of halogens is 1. The van der Waals surface area contributed by atoms with Crippen molar-refractivity contribution in [2.24, 2.45) is 0 Å². The topological polar surface area (TPSA) is 52.8 Å². The van der Waals surface area contributed by atoms with E-state index in [0.29, 0.717) is 17.9 Å². The highest BCUT2D eigenvalue weighted by atomic mass is 32.1. The molecule has 7 heteroatoms. The van der Waals surface area contributed by atoms with Gasteiger partial charge in [0.05, 0.1) is 18.8 Å². The lowest BCUT2D eigenvalue weighted by Crippen LogP contribution is -2.09. The van der Waals surface area contributed by atoms with Crippen LogP contribution in [0.2, 0.25) is 0 Å². The van der Waals surface area contributed by atoms with E-state index in [0.717, 1.165) is 10.7 Å². The van der Waals surface area contributed by atoms with Crippen molar-refractivity contribution in [3.8, 4) is 11.4 Å². The first-order valence-electron chi connectivity index (χ1n) is 6.79. The van der Waals surface area contributed by atoms with E-state index in [-0.39, 0.29) is 11.9 Å². The number of ether oxygens (including phenoxy) is 1. The molecule has 2 aromatic heterocycles. The third-order valence-electron chi connectivity index (χ3n) is 3.34. The lowest BCUT2D eigenvalue weighted by molar-refractivity contribution is 0.184. The van der Waals surface area contributed by atoms with Gasteiger partial charge in [0.2, 0.25) is 0 Å². The minimum absolute atomic E-state index is 0.237. The van der Waals surface area contributed by atoms with E-state index < -0.39 is 0 Å². The van der Waals surface area contributed by atoms with Crippen LogP contribution in [-0.4, -0.2) is 27.1 Å². The number of rotatable bonds is 5. The Bertz CT molecular complexity index is 770. The Morgan fingerprint density at radius 2 is 2.14 bits per heavy atom. The number of hydrogen-bond acceptors (Lipinski definition) is 5. The zero-order chi connectivity index (χ0) is 15.5. The summed E-state index contributed by atoms with van der Waals surface area (Å²) in [5.41, 5.74) is 2.00. The molecule has 0 bridgehead atoms. The number of nitrogens with zero attached hydrogens (tertiary/aromatic N) is 4. The fourth-order valence-electron chi connectivity index (χ4n) is 2.16. The van der Waals surface area contributed by atoms with E-state index in [1.54, 1.807) is 30.1 Å². The van der Waals surface area contributed by atoms with Gasteiger partial charge in [-0.1, -0.05) is 23.4 Å². The van der Waals surface area contributed by atoms with Gasteiger partial charge in [0, 0.05) is 18.1 Å². The minimum atomic E-state index is -0.247. The number of methoxy groups -OCH3 is 1. The van der Waals surface area contributed by atoms with Gasteiger partial charge in [-0.3, -0.25) is 0 Å². The van der Waals surface area contributed by atoms with Crippen molar-refractivity contribution in [2.75, 3.05) is 7.11 Å². The van der Waals surface area contributed by atoms with Crippen LogP contribution in [0, 0.1) is 5.82 Å². The summed E-state index contributed by atoms with van der Waals surface area (Å²) in [4.78, 5) is 4.44. The van der Waals surface area contributed by atoms with Crippen LogP contribution in [-0.2, 0) is 11.3 Å². The zero-order valence-electron chi connectivity index (χ0n) is 12.2. The second-order valence-electron chi connectivity index (χ2n) is 4.84. The number of benzene rings is 1. The summed E-state index contributed by atoms with van der Waals surface area (Å²) in [7, 11) is 1.63. The third-order valence-corrected chi connectivity index (χ3v) is 4.17. The summed E-state index contributed by atoms with van der Waals surface area (Å²) < 4.78 is 20.6. The molecule has 5 nitrogen and oxygen atoms in total. The molecule has 0 saturated heterocycles. The first-order chi connectivity index (χ1) is 10.7. The molecule has 3 aromatic rings. The third kappa shape index (κ3) is 2.90. The standard InChI is InChI=1S/C15H15FN4OS/c1-10(11-5-3-4-6-12(11)16)20-7-13(18-19-20)14-9-22-15(17-14)8-21-2/h3-7,9-10H,8H2,1-2H3. The Balaban J connectivity index is 1.85. The molecule has 0 aliphatic carbocycles. The molecule has 2 heterocycles. The average molecular weight is 318 g/mol. The van der Waals surface area contributed by atoms with Crippen molar-refractivity contribution in [3.05, 3.63) is 52.2 Å². The Morgan fingerprint density at radius 1 is 1.32 bits per heavy atom. The largest absolute Gasteiger partial charge is 0.378 e. The van der Waals surface area contributed by atoms with Crippen LogP contribution in [0.4, 0.5) is 4.39 Å². The molecule has 0 fully saturated rings. The summed E-state index contributed by atoms with van der Waals surface area (Å²) in [6, 6.07) is 6.44. The van der Waals surface area contributed by atoms with Gasteiger partial charge < -0.3 is 4.74 Å². The van der Waals surface area contributed by atoms with E-state index in [9.17, 15) is 4.39 Å². The highest BCUT2D eigenvalue weighted by Gasteiger charge is 2.15. The molecule has 1 unspecified atom stereocenters. The summed E-state index contributed by atoms with van der Waals surface area (Å²) >= 11 is 1.51. The van der Waals surface area contributed by atoms with E-state index in [1.807, 2.05) is 18.4 Å². The monoisotopic (exact) mass is 318 g/mol. The van der Waals surface area contributed by atoms with E-state index in [1.165, 1.54) is 17.4 Å². The molecule has 114 valence electrons. The van der Waals surface area contributed by atoms with Gasteiger partial charge in [0.15, 0.2) is 0 Å². The van der Waals surface area contributed by atoms with Crippen LogP contribution in [0.25, 0.3) is 11.4 Å². The van der Waals surface area contributed by atoms with Gasteiger partial charge in [-0.15, -0.1) is 16.4 Å². The predicted molar refractivity (Wildman–Crippen MR) is 82.1 cm³/mol. The molecule has 0 spiro atoms. The van der Waals surface area contributed by atoms with Crippen molar-refractivity contribution < 1.29 is 9.13 Å². The predicted octanol–water partition coefficient (Wildman–Crippen LogP) is 3.30. The van der Waals surface area contributed by atoms with Crippen LogP contribution in [0.1, 0.15) is 23.5 Å². The number of hydrogen-bond donors (Lipinski definition) is 0. The second kappa shape index (κ2) is 6.33. The zero-order valence-corrected chi connectivity index (χ0v) is 13.0.